The average Bonchev–Trinajstić information content (AvgIpc) is 2.97. The molecule has 27 heavy (non-hydrogen) atoms. The monoisotopic (exact) mass is 399 g/mol. The quantitative estimate of drug-likeness (QED) is 0.527. The van der Waals surface area contributed by atoms with E-state index >= 15 is 0 Å². The summed E-state index contributed by atoms with van der Waals surface area (Å²) in [6.45, 7) is 5.96. The maximum atomic E-state index is 13.2. The molecule has 4 nitrogen and oxygen atoms in total. The van der Waals surface area contributed by atoms with Gasteiger partial charge in [0.2, 0.25) is 0 Å². The van der Waals surface area contributed by atoms with Crippen molar-refractivity contribution >= 4 is 45.5 Å². The van der Waals surface area contributed by atoms with Gasteiger partial charge in [-0.05, 0) is 61.2 Å². The van der Waals surface area contributed by atoms with Gasteiger partial charge in [0.05, 0.1) is 24.8 Å². The van der Waals surface area contributed by atoms with Crippen LogP contribution in [0.2, 0.25) is 0 Å². The van der Waals surface area contributed by atoms with Crippen molar-refractivity contribution in [1.29, 1.82) is 0 Å². The van der Waals surface area contributed by atoms with Crippen LogP contribution in [0.5, 0.6) is 11.5 Å². The molecule has 0 unspecified atom stereocenters. The standard InChI is InChI=1S/C21H21NO3S2/c1-12-7-6-8-16(13(12)2)22-20(23)19(27-21(22)26)14(3)15-9-10-17(24-4)18(11-15)25-5/h6-11H,1-5H3/b19-14+. The fraction of sp³-hybridized carbons (Fsp3) is 0.238. The van der Waals surface area contributed by atoms with Gasteiger partial charge in [-0.1, -0.05) is 42.2 Å². The first-order valence-corrected chi connectivity index (χ1v) is 9.67. The Hall–Kier alpha value is -2.31. The Bertz CT molecular complexity index is 966. The highest BCUT2D eigenvalue weighted by molar-refractivity contribution is 8.27. The van der Waals surface area contributed by atoms with Crippen LogP contribution in [0, 0.1) is 13.8 Å². The van der Waals surface area contributed by atoms with E-state index in [1.165, 1.54) is 11.8 Å². The van der Waals surface area contributed by atoms with E-state index in [-0.39, 0.29) is 5.91 Å². The van der Waals surface area contributed by atoms with E-state index in [2.05, 4.69) is 0 Å². The van der Waals surface area contributed by atoms with Gasteiger partial charge >= 0.3 is 0 Å². The van der Waals surface area contributed by atoms with Crippen LogP contribution < -0.4 is 14.4 Å². The summed E-state index contributed by atoms with van der Waals surface area (Å²) in [5.74, 6) is 1.18. The molecule has 0 bridgehead atoms. The third-order valence-corrected chi connectivity index (χ3v) is 6.22. The number of allylic oxidation sites excluding steroid dienone is 1. The van der Waals surface area contributed by atoms with Crippen molar-refractivity contribution < 1.29 is 14.3 Å². The van der Waals surface area contributed by atoms with Crippen LogP contribution in [0.1, 0.15) is 23.6 Å². The Morgan fingerprint density at radius 1 is 1.07 bits per heavy atom. The van der Waals surface area contributed by atoms with Crippen LogP contribution in [0.25, 0.3) is 5.57 Å². The average molecular weight is 400 g/mol. The Kier molecular flexibility index (Phi) is 5.58. The van der Waals surface area contributed by atoms with Gasteiger partial charge in [0.15, 0.2) is 15.8 Å². The zero-order chi connectivity index (χ0) is 19.7. The van der Waals surface area contributed by atoms with Crippen LogP contribution >= 0.6 is 24.0 Å². The number of nitrogens with zero attached hydrogens (tertiary/aromatic N) is 1. The molecule has 1 amide bonds. The van der Waals surface area contributed by atoms with Crippen molar-refractivity contribution in [2.75, 3.05) is 19.1 Å². The maximum Gasteiger partial charge on any atom is 0.271 e. The molecule has 0 atom stereocenters. The summed E-state index contributed by atoms with van der Waals surface area (Å²) in [4.78, 5) is 15.4. The molecule has 1 heterocycles. The highest BCUT2D eigenvalue weighted by Crippen LogP contribution is 2.41. The van der Waals surface area contributed by atoms with Gasteiger partial charge in [-0.25, -0.2) is 0 Å². The largest absolute Gasteiger partial charge is 0.493 e. The number of benzene rings is 2. The molecule has 0 aliphatic carbocycles. The minimum Gasteiger partial charge on any atom is -0.493 e. The first-order valence-electron chi connectivity index (χ1n) is 8.44. The van der Waals surface area contributed by atoms with Crippen molar-refractivity contribution in [2.24, 2.45) is 0 Å². The summed E-state index contributed by atoms with van der Waals surface area (Å²) in [7, 11) is 3.19. The van der Waals surface area contributed by atoms with E-state index in [9.17, 15) is 4.79 Å². The number of anilines is 1. The zero-order valence-electron chi connectivity index (χ0n) is 16.0. The predicted octanol–water partition coefficient (Wildman–Crippen LogP) is 5.12. The van der Waals surface area contributed by atoms with Crippen LogP contribution in [0.4, 0.5) is 5.69 Å². The van der Waals surface area contributed by atoms with Gasteiger partial charge in [0, 0.05) is 0 Å². The molecule has 1 aliphatic heterocycles. The molecule has 0 N–H and O–H groups in total. The first-order chi connectivity index (χ1) is 12.9. The Morgan fingerprint density at radius 2 is 1.78 bits per heavy atom. The Balaban J connectivity index is 2.04. The molecule has 1 aliphatic rings. The van der Waals surface area contributed by atoms with Crippen molar-refractivity contribution in [2.45, 2.75) is 20.8 Å². The van der Waals surface area contributed by atoms with E-state index in [0.717, 1.165) is 28.0 Å². The van der Waals surface area contributed by atoms with Crippen LogP contribution in [0.15, 0.2) is 41.3 Å². The Morgan fingerprint density at radius 3 is 2.44 bits per heavy atom. The number of ether oxygens (including phenoxy) is 2. The zero-order valence-corrected chi connectivity index (χ0v) is 17.6. The fourth-order valence-electron chi connectivity index (χ4n) is 2.98. The van der Waals surface area contributed by atoms with Crippen molar-refractivity contribution in [3.05, 3.63) is 58.0 Å². The summed E-state index contributed by atoms with van der Waals surface area (Å²) in [5, 5.41) is 0. The number of thiocarbonyl (C=S) groups is 1. The third kappa shape index (κ3) is 3.47. The predicted molar refractivity (Wildman–Crippen MR) is 116 cm³/mol. The van der Waals surface area contributed by atoms with E-state index in [1.54, 1.807) is 19.1 Å². The van der Waals surface area contributed by atoms with Crippen LogP contribution in [0.3, 0.4) is 0 Å². The van der Waals surface area contributed by atoms with E-state index in [0.29, 0.717) is 20.7 Å². The van der Waals surface area contributed by atoms with Crippen molar-refractivity contribution in [3.63, 3.8) is 0 Å². The maximum absolute atomic E-state index is 13.2. The van der Waals surface area contributed by atoms with Gasteiger partial charge in [-0.3, -0.25) is 9.69 Å². The number of carbonyl (C=O) groups is 1. The molecule has 1 fully saturated rings. The van der Waals surface area contributed by atoms with Gasteiger partial charge in [-0.15, -0.1) is 0 Å². The lowest BCUT2D eigenvalue weighted by molar-refractivity contribution is -0.113. The topological polar surface area (TPSA) is 38.8 Å². The lowest BCUT2D eigenvalue weighted by Crippen LogP contribution is -2.28. The molecule has 1 saturated heterocycles. The number of carbonyl (C=O) groups excluding carboxylic acids is 1. The number of aryl methyl sites for hydroxylation is 1. The number of thioether (sulfide) groups is 1. The number of methoxy groups -OCH3 is 2. The normalized spacial score (nSPS) is 16.0. The number of hydrogen-bond donors (Lipinski definition) is 0. The minimum absolute atomic E-state index is 0.0917. The summed E-state index contributed by atoms with van der Waals surface area (Å²) in [6, 6.07) is 11.5. The summed E-state index contributed by atoms with van der Waals surface area (Å²) < 4.78 is 11.2. The molecule has 2 aromatic carbocycles. The smallest absolute Gasteiger partial charge is 0.271 e. The summed E-state index contributed by atoms with van der Waals surface area (Å²) >= 11 is 6.86. The van der Waals surface area contributed by atoms with E-state index < -0.39 is 0 Å². The summed E-state index contributed by atoms with van der Waals surface area (Å²) in [5.41, 5.74) is 4.78. The van der Waals surface area contributed by atoms with Gasteiger partial charge in [-0.2, -0.15) is 0 Å². The second kappa shape index (κ2) is 7.74. The van der Waals surface area contributed by atoms with Crippen molar-refractivity contribution in [3.8, 4) is 11.5 Å². The number of hydrogen-bond acceptors (Lipinski definition) is 5. The van der Waals surface area contributed by atoms with Crippen LogP contribution in [-0.4, -0.2) is 24.4 Å². The lowest BCUT2D eigenvalue weighted by atomic mass is 10.0. The van der Waals surface area contributed by atoms with E-state index in [4.69, 9.17) is 21.7 Å². The van der Waals surface area contributed by atoms with Gasteiger partial charge in [0.1, 0.15) is 0 Å². The molecule has 140 valence electrons. The van der Waals surface area contributed by atoms with Crippen LogP contribution in [-0.2, 0) is 4.79 Å². The first kappa shape index (κ1) is 19.5. The second-order valence-electron chi connectivity index (χ2n) is 6.25. The Labute approximate surface area is 169 Å². The second-order valence-corrected chi connectivity index (χ2v) is 7.90. The SMILES string of the molecule is COc1ccc(/C(C)=C2/SC(=S)N(c3cccc(C)c3C)C2=O)cc1OC. The molecule has 3 rings (SSSR count). The van der Waals surface area contributed by atoms with Gasteiger partial charge in [0.25, 0.3) is 5.91 Å². The van der Waals surface area contributed by atoms with Gasteiger partial charge < -0.3 is 9.47 Å². The van der Waals surface area contributed by atoms with E-state index in [1.807, 2.05) is 57.2 Å². The molecule has 0 aromatic heterocycles. The molecular formula is C21H21NO3S2. The molecule has 0 radical (unpaired) electrons. The molecule has 0 saturated carbocycles. The minimum atomic E-state index is -0.0917. The lowest BCUT2D eigenvalue weighted by Gasteiger charge is -2.18. The fourth-order valence-corrected chi connectivity index (χ4v) is 4.31. The number of rotatable bonds is 4. The molecular weight excluding hydrogens is 378 g/mol. The molecule has 6 heteroatoms. The highest BCUT2D eigenvalue weighted by Gasteiger charge is 2.35. The number of amides is 1. The van der Waals surface area contributed by atoms with Crippen molar-refractivity contribution in [1.82, 2.24) is 0 Å². The molecule has 2 aromatic rings. The molecule has 0 spiro atoms. The highest BCUT2D eigenvalue weighted by atomic mass is 32.2. The third-order valence-electron chi connectivity index (χ3n) is 4.74. The summed E-state index contributed by atoms with van der Waals surface area (Å²) in [6.07, 6.45) is 0.